The van der Waals surface area contributed by atoms with Crippen molar-refractivity contribution in [3.05, 3.63) is 20.3 Å². The third-order valence-corrected chi connectivity index (χ3v) is 5.64. The van der Waals surface area contributed by atoms with Gasteiger partial charge < -0.3 is 5.73 Å². The van der Waals surface area contributed by atoms with Gasteiger partial charge >= 0.3 is 0 Å². The van der Waals surface area contributed by atoms with E-state index in [0.29, 0.717) is 6.04 Å². The number of nitrogens with two attached hydrogens (primary N) is 1. The van der Waals surface area contributed by atoms with Gasteiger partial charge in [0.05, 0.1) is 0 Å². The van der Waals surface area contributed by atoms with Crippen molar-refractivity contribution >= 4 is 27.3 Å². The molecule has 1 aliphatic rings. The van der Waals surface area contributed by atoms with Crippen molar-refractivity contribution in [2.24, 2.45) is 5.73 Å². The summed E-state index contributed by atoms with van der Waals surface area (Å²) in [5.41, 5.74) is 5.71. The zero-order valence-electron chi connectivity index (χ0n) is 10.4. The molecule has 2 nitrogen and oxygen atoms in total. The van der Waals surface area contributed by atoms with Gasteiger partial charge in [0.25, 0.3) is 0 Å². The first kappa shape index (κ1) is 13.5. The summed E-state index contributed by atoms with van der Waals surface area (Å²) in [6, 6.07) is 2.98. The van der Waals surface area contributed by atoms with E-state index in [4.69, 9.17) is 5.73 Å². The van der Waals surface area contributed by atoms with E-state index in [1.807, 2.05) is 11.3 Å². The molecule has 2 N–H and O–H groups in total. The molecule has 1 unspecified atom stereocenters. The topological polar surface area (TPSA) is 29.3 Å². The van der Waals surface area contributed by atoms with Gasteiger partial charge in [-0.25, -0.2) is 0 Å². The van der Waals surface area contributed by atoms with Crippen molar-refractivity contribution in [2.45, 2.75) is 45.2 Å². The van der Waals surface area contributed by atoms with Gasteiger partial charge in [0.15, 0.2) is 0 Å². The van der Waals surface area contributed by atoms with E-state index in [9.17, 15) is 0 Å². The van der Waals surface area contributed by atoms with E-state index in [-0.39, 0.29) is 0 Å². The van der Waals surface area contributed by atoms with Crippen LogP contribution in [0.2, 0.25) is 0 Å². The van der Waals surface area contributed by atoms with Crippen LogP contribution in [-0.2, 0) is 6.54 Å². The Labute approximate surface area is 116 Å². The lowest BCUT2D eigenvalue weighted by atomic mass is 9.99. The van der Waals surface area contributed by atoms with Crippen LogP contribution in [0.5, 0.6) is 0 Å². The average Bonchev–Trinajstić information content (AvgIpc) is 2.61. The highest BCUT2D eigenvalue weighted by molar-refractivity contribution is 9.10. The lowest BCUT2D eigenvalue weighted by Crippen LogP contribution is -2.39. The number of hydrogen-bond acceptors (Lipinski definition) is 3. The van der Waals surface area contributed by atoms with Crippen molar-refractivity contribution in [1.82, 2.24) is 4.90 Å². The Balaban J connectivity index is 2.00. The van der Waals surface area contributed by atoms with Crippen molar-refractivity contribution in [3.63, 3.8) is 0 Å². The van der Waals surface area contributed by atoms with Crippen molar-refractivity contribution in [1.29, 1.82) is 0 Å². The Kier molecular flexibility index (Phi) is 5.03. The fraction of sp³-hybridized carbons (Fsp3) is 0.692. The molecular weight excluding hydrogens is 296 g/mol. The largest absolute Gasteiger partial charge is 0.330 e. The highest BCUT2D eigenvalue weighted by atomic mass is 79.9. The van der Waals surface area contributed by atoms with Gasteiger partial charge in [-0.05, 0) is 61.3 Å². The number of aryl methyl sites for hydroxylation is 1. The summed E-state index contributed by atoms with van der Waals surface area (Å²) < 4.78 is 1.25. The van der Waals surface area contributed by atoms with Crippen LogP contribution in [0.15, 0.2) is 10.5 Å². The van der Waals surface area contributed by atoms with Crippen molar-refractivity contribution < 1.29 is 0 Å². The summed E-state index contributed by atoms with van der Waals surface area (Å²) in [5, 5.41) is 0. The molecule has 0 bridgehead atoms. The molecule has 1 aromatic heterocycles. The van der Waals surface area contributed by atoms with Gasteiger partial charge in [0.1, 0.15) is 0 Å². The summed E-state index contributed by atoms with van der Waals surface area (Å²) in [4.78, 5) is 5.47. The fourth-order valence-electron chi connectivity index (χ4n) is 2.58. The Hall–Kier alpha value is 0.100. The van der Waals surface area contributed by atoms with E-state index in [1.54, 1.807) is 0 Å². The van der Waals surface area contributed by atoms with Crippen molar-refractivity contribution in [3.8, 4) is 0 Å². The van der Waals surface area contributed by atoms with Gasteiger partial charge in [0.2, 0.25) is 0 Å². The van der Waals surface area contributed by atoms with Gasteiger partial charge in [0, 0.05) is 26.8 Å². The zero-order chi connectivity index (χ0) is 12.3. The van der Waals surface area contributed by atoms with Crippen LogP contribution in [-0.4, -0.2) is 24.0 Å². The summed E-state index contributed by atoms with van der Waals surface area (Å²) in [7, 11) is 0. The second-order valence-electron chi connectivity index (χ2n) is 4.81. The molecule has 1 aromatic rings. The number of nitrogens with zero attached hydrogens (tertiary/aromatic N) is 1. The van der Waals surface area contributed by atoms with Gasteiger partial charge in [-0.3, -0.25) is 4.90 Å². The zero-order valence-corrected chi connectivity index (χ0v) is 12.8. The number of thiophene rings is 1. The van der Waals surface area contributed by atoms with Crippen LogP contribution in [0.1, 0.15) is 35.4 Å². The first-order valence-electron chi connectivity index (χ1n) is 6.39. The first-order valence-corrected chi connectivity index (χ1v) is 8.00. The van der Waals surface area contributed by atoms with E-state index < -0.39 is 0 Å². The lowest BCUT2D eigenvalue weighted by molar-refractivity contribution is 0.135. The van der Waals surface area contributed by atoms with E-state index in [2.05, 4.69) is 33.8 Å². The minimum atomic E-state index is 0.704. The Morgan fingerprint density at radius 1 is 1.53 bits per heavy atom. The Morgan fingerprint density at radius 2 is 2.35 bits per heavy atom. The van der Waals surface area contributed by atoms with Gasteiger partial charge in [-0.1, -0.05) is 6.42 Å². The average molecular weight is 317 g/mol. The minimum absolute atomic E-state index is 0.704. The standard InChI is InChI=1S/C13H21BrN2S/c1-10-13(14)8-12(17-10)9-16-7-3-2-4-11(16)5-6-15/h8,11H,2-7,9,15H2,1H3. The van der Waals surface area contributed by atoms with Gasteiger partial charge in [-0.2, -0.15) is 0 Å². The predicted octanol–water partition coefficient (Wildman–Crippen LogP) is 3.52. The maximum atomic E-state index is 5.71. The highest BCUT2D eigenvalue weighted by Crippen LogP contribution is 2.29. The first-order chi connectivity index (χ1) is 8.20. The Morgan fingerprint density at radius 3 is 3.00 bits per heavy atom. The SMILES string of the molecule is Cc1sc(CN2CCCCC2CCN)cc1Br. The molecule has 17 heavy (non-hydrogen) atoms. The number of likely N-dealkylation sites (tertiary alicyclic amines) is 1. The highest BCUT2D eigenvalue weighted by Gasteiger charge is 2.22. The van der Waals surface area contributed by atoms with Crippen LogP contribution >= 0.6 is 27.3 Å². The molecule has 1 fully saturated rings. The molecule has 0 saturated carbocycles. The number of rotatable bonds is 4. The Bertz CT molecular complexity index is 343. The number of halogens is 1. The second kappa shape index (κ2) is 6.32. The van der Waals surface area contributed by atoms with E-state index >= 15 is 0 Å². The molecule has 4 heteroatoms. The monoisotopic (exact) mass is 316 g/mol. The molecule has 1 aliphatic heterocycles. The van der Waals surface area contributed by atoms with E-state index in [1.165, 1.54) is 40.0 Å². The molecule has 0 aromatic carbocycles. The van der Waals surface area contributed by atoms with Crippen LogP contribution in [0.4, 0.5) is 0 Å². The maximum Gasteiger partial charge on any atom is 0.0331 e. The van der Waals surface area contributed by atoms with Crippen molar-refractivity contribution in [2.75, 3.05) is 13.1 Å². The summed E-state index contributed by atoms with van der Waals surface area (Å²) in [5.74, 6) is 0. The van der Waals surface area contributed by atoms with Gasteiger partial charge in [-0.15, -0.1) is 11.3 Å². The second-order valence-corrected chi connectivity index (χ2v) is 7.01. The van der Waals surface area contributed by atoms with Crippen LogP contribution in [0.25, 0.3) is 0 Å². The smallest absolute Gasteiger partial charge is 0.0331 e. The number of hydrogen-bond donors (Lipinski definition) is 1. The normalized spacial score (nSPS) is 21.9. The third-order valence-electron chi connectivity index (χ3n) is 3.52. The van der Waals surface area contributed by atoms with E-state index in [0.717, 1.165) is 19.5 Å². The maximum absolute atomic E-state index is 5.71. The summed E-state index contributed by atoms with van der Waals surface area (Å²) in [6.07, 6.45) is 5.18. The molecule has 0 spiro atoms. The summed E-state index contributed by atoms with van der Waals surface area (Å²) in [6.45, 7) is 5.32. The molecule has 1 atom stereocenters. The molecule has 2 rings (SSSR count). The fourth-order valence-corrected chi connectivity index (χ4v) is 4.21. The van der Waals surface area contributed by atoms with Crippen LogP contribution < -0.4 is 5.73 Å². The molecule has 1 saturated heterocycles. The lowest BCUT2D eigenvalue weighted by Gasteiger charge is -2.35. The minimum Gasteiger partial charge on any atom is -0.330 e. The molecule has 0 radical (unpaired) electrons. The third kappa shape index (κ3) is 3.53. The molecule has 96 valence electrons. The van der Waals surface area contributed by atoms with Crippen LogP contribution in [0, 0.1) is 6.92 Å². The van der Waals surface area contributed by atoms with Crippen LogP contribution in [0.3, 0.4) is 0 Å². The molecule has 0 aliphatic carbocycles. The molecule has 0 amide bonds. The quantitative estimate of drug-likeness (QED) is 0.920. The number of piperidine rings is 1. The summed E-state index contributed by atoms with van der Waals surface area (Å²) >= 11 is 5.51. The predicted molar refractivity (Wildman–Crippen MR) is 78.5 cm³/mol. The molecular formula is C13H21BrN2S. The molecule has 2 heterocycles.